The molecule has 0 aromatic heterocycles. The number of rotatable bonds is 4. The molecular formula is C16H26N2+2. The van der Waals surface area contributed by atoms with E-state index < -0.39 is 0 Å². The Labute approximate surface area is 111 Å². The summed E-state index contributed by atoms with van der Waals surface area (Å²) in [4.78, 5) is 3.51. The highest BCUT2D eigenvalue weighted by Gasteiger charge is 2.21. The van der Waals surface area contributed by atoms with Crippen molar-refractivity contribution in [3.05, 3.63) is 41.5 Å². The highest BCUT2D eigenvalue weighted by molar-refractivity contribution is 5.52. The first kappa shape index (κ1) is 13.3. The van der Waals surface area contributed by atoms with Crippen molar-refractivity contribution in [1.29, 1.82) is 0 Å². The first-order valence-electron chi connectivity index (χ1n) is 7.17. The zero-order chi connectivity index (χ0) is 12.8. The second-order valence-electron chi connectivity index (χ2n) is 5.43. The average Bonchev–Trinajstić information content (AvgIpc) is 2.40. The highest BCUT2D eigenvalue weighted by atomic mass is 15.3. The summed E-state index contributed by atoms with van der Waals surface area (Å²) < 4.78 is 0. The molecular weight excluding hydrogens is 220 g/mol. The topological polar surface area (TPSA) is 8.88 Å². The van der Waals surface area contributed by atoms with E-state index in [0.29, 0.717) is 0 Å². The molecule has 0 radical (unpaired) electrons. The number of nitrogens with one attached hydrogen (secondary N) is 2. The maximum Gasteiger partial charge on any atom is 0.127 e. The molecule has 1 aromatic carbocycles. The van der Waals surface area contributed by atoms with Crippen molar-refractivity contribution in [3.63, 3.8) is 0 Å². The zero-order valence-corrected chi connectivity index (χ0v) is 11.7. The standard InChI is InChI=1S/C16H24N2/c1-3-17-9-11-18(12-10-17)14-15(2)13-16-7-5-4-6-8-16/h4-8,13H,3,9-12,14H2,1-2H3/p+2/b15-13+. The van der Waals surface area contributed by atoms with Gasteiger partial charge in [-0.25, -0.2) is 0 Å². The Balaban J connectivity index is 1.85. The van der Waals surface area contributed by atoms with Crippen molar-refractivity contribution in [2.45, 2.75) is 13.8 Å². The summed E-state index contributed by atoms with van der Waals surface area (Å²) in [6, 6.07) is 10.6. The van der Waals surface area contributed by atoms with Crippen molar-refractivity contribution in [2.75, 3.05) is 39.3 Å². The molecule has 0 saturated carbocycles. The predicted molar refractivity (Wildman–Crippen MR) is 76.9 cm³/mol. The summed E-state index contributed by atoms with van der Waals surface area (Å²) in [5.41, 5.74) is 2.82. The Kier molecular flexibility index (Phi) is 4.97. The SMILES string of the molecule is CC[NH+]1CC[NH+](C/C(C)=C/c2ccccc2)CC1. The smallest absolute Gasteiger partial charge is 0.127 e. The Hall–Kier alpha value is -1.12. The summed E-state index contributed by atoms with van der Waals surface area (Å²) in [5, 5.41) is 0. The number of benzene rings is 1. The fraction of sp³-hybridized carbons (Fsp3) is 0.500. The van der Waals surface area contributed by atoms with Crippen LogP contribution in [0.3, 0.4) is 0 Å². The van der Waals surface area contributed by atoms with Crippen molar-refractivity contribution < 1.29 is 9.80 Å². The quantitative estimate of drug-likeness (QED) is 0.734. The lowest BCUT2D eigenvalue weighted by molar-refractivity contribution is -1.01. The largest absolute Gasteiger partial charge is 0.326 e. The lowest BCUT2D eigenvalue weighted by atomic mass is 10.1. The summed E-state index contributed by atoms with van der Waals surface area (Å²) in [6.45, 7) is 12.4. The van der Waals surface area contributed by atoms with Gasteiger partial charge in [-0.1, -0.05) is 36.4 Å². The molecule has 0 amide bonds. The van der Waals surface area contributed by atoms with Crippen LogP contribution in [-0.4, -0.2) is 39.3 Å². The van der Waals surface area contributed by atoms with Crippen LogP contribution in [0.4, 0.5) is 0 Å². The van der Waals surface area contributed by atoms with E-state index in [-0.39, 0.29) is 0 Å². The fourth-order valence-corrected chi connectivity index (χ4v) is 2.77. The van der Waals surface area contributed by atoms with Crippen LogP contribution in [0.1, 0.15) is 19.4 Å². The predicted octanol–water partition coefficient (Wildman–Crippen LogP) is -0.107. The summed E-state index contributed by atoms with van der Waals surface area (Å²) in [6.07, 6.45) is 2.33. The Morgan fingerprint density at radius 1 is 1.06 bits per heavy atom. The third kappa shape index (κ3) is 3.97. The summed E-state index contributed by atoms with van der Waals surface area (Å²) in [5.74, 6) is 0. The van der Waals surface area contributed by atoms with E-state index in [1.165, 1.54) is 50.4 Å². The van der Waals surface area contributed by atoms with E-state index in [0.717, 1.165) is 0 Å². The second kappa shape index (κ2) is 6.72. The maximum absolute atomic E-state index is 2.33. The van der Waals surface area contributed by atoms with Crippen molar-refractivity contribution >= 4 is 6.08 Å². The molecule has 2 rings (SSSR count). The van der Waals surface area contributed by atoms with Gasteiger partial charge in [-0.05, 0) is 25.0 Å². The molecule has 2 heteroatoms. The average molecular weight is 246 g/mol. The molecule has 0 bridgehead atoms. The molecule has 0 unspecified atom stereocenters. The van der Waals surface area contributed by atoms with Gasteiger partial charge in [0.2, 0.25) is 0 Å². The van der Waals surface area contributed by atoms with Gasteiger partial charge in [0.15, 0.2) is 0 Å². The number of likely N-dealkylation sites (N-methyl/N-ethyl adjacent to an activating group) is 1. The third-order valence-corrected chi connectivity index (χ3v) is 3.91. The lowest BCUT2D eigenvalue weighted by Crippen LogP contribution is -3.28. The van der Waals surface area contributed by atoms with Gasteiger partial charge < -0.3 is 9.80 Å². The van der Waals surface area contributed by atoms with Crippen LogP contribution in [0.25, 0.3) is 6.08 Å². The molecule has 0 aliphatic carbocycles. The summed E-state index contributed by atoms with van der Waals surface area (Å²) >= 11 is 0. The van der Waals surface area contributed by atoms with Crippen molar-refractivity contribution in [1.82, 2.24) is 0 Å². The summed E-state index contributed by atoms with van der Waals surface area (Å²) in [7, 11) is 0. The molecule has 0 atom stereocenters. The minimum absolute atomic E-state index is 1.20. The van der Waals surface area contributed by atoms with Crippen LogP contribution >= 0.6 is 0 Å². The number of hydrogen-bond acceptors (Lipinski definition) is 0. The molecule has 1 fully saturated rings. The van der Waals surface area contributed by atoms with Crippen LogP contribution in [0.2, 0.25) is 0 Å². The van der Waals surface area contributed by atoms with E-state index in [1.807, 2.05) is 0 Å². The molecule has 18 heavy (non-hydrogen) atoms. The normalized spacial score (nSPS) is 25.1. The van der Waals surface area contributed by atoms with E-state index in [2.05, 4.69) is 50.3 Å². The van der Waals surface area contributed by atoms with Crippen LogP contribution in [0, 0.1) is 0 Å². The highest BCUT2D eigenvalue weighted by Crippen LogP contribution is 2.04. The van der Waals surface area contributed by atoms with Crippen molar-refractivity contribution in [2.24, 2.45) is 0 Å². The van der Waals surface area contributed by atoms with Crippen LogP contribution < -0.4 is 9.80 Å². The van der Waals surface area contributed by atoms with Gasteiger partial charge in [-0.2, -0.15) is 0 Å². The fourth-order valence-electron chi connectivity index (χ4n) is 2.77. The van der Waals surface area contributed by atoms with Gasteiger partial charge in [-0.15, -0.1) is 0 Å². The Morgan fingerprint density at radius 3 is 2.28 bits per heavy atom. The molecule has 2 nitrogen and oxygen atoms in total. The van der Waals surface area contributed by atoms with E-state index in [1.54, 1.807) is 9.80 Å². The van der Waals surface area contributed by atoms with Crippen LogP contribution in [-0.2, 0) is 0 Å². The number of piperazine rings is 1. The number of quaternary nitrogens is 2. The third-order valence-electron chi connectivity index (χ3n) is 3.91. The monoisotopic (exact) mass is 246 g/mol. The van der Waals surface area contributed by atoms with Crippen LogP contribution in [0.15, 0.2) is 35.9 Å². The molecule has 1 aromatic rings. The van der Waals surface area contributed by atoms with Crippen molar-refractivity contribution in [3.8, 4) is 0 Å². The van der Waals surface area contributed by atoms with Gasteiger partial charge in [-0.3, -0.25) is 0 Å². The Bertz CT molecular complexity index is 375. The second-order valence-corrected chi connectivity index (χ2v) is 5.43. The molecule has 2 N–H and O–H groups in total. The van der Waals surface area contributed by atoms with Gasteiger partial charge >= 0.3 is 0 Å². The minimum Gasteiger partial charge on any atom is -0.326 e. The molecule has 1 heterocycles. The molecule has 1 aliphatic rings. The molecule has 1 aliphatic heterocycles. The first-order chi connectivity index (χ1) is 8.78. The van der Waals surface area contributed by atoms with Gasteiger partial charge in [0, 0.05) is 0 Å². The van der Waals surface area contributed by atoms with E-state index >= 15 is 0 Å². The molecule has 98 valence electrons. The molecule has 0 spiro atoms. The van der Waals surface area contributed by atoms with Crippen LogP contribution in [0.5, 0.6) is 0 Å². The van der Waals surface area contributed by atoms with Gasteiger partial charge in [0.05, 0.1) is 13.1 Å². The van der Waals surface area contributed by atoms with E-state index in [4.69, 9.17) is 0 Å². The maximum atomic E-state index is 2.33. The van der Waals surface area contributed by atoms with Gasteiger partial charge in [0.1, 0.15) is 26.2 Å². The first-order valence-corrected chi connectivity index (χ1v) is 7.17. The zero-order valence-electron chi connectivity index (χ0n) is 11.7. The molecule has 1 saturated heterocycles. The van der Waals surface area contributed by atoms with Gasteiger partial charge in [0.25, 0.3) is 0 Å². The number of hydrogen-bond donors (Lipinski definition) is 2. The Morgan fingerprint density at radius 2 is 1.67 bits per heavy atom. The lowest BCUT2D eigenvalue weighted by Gasteiger charge is -2.29. The van der Waals surface area contributed by atoms with E-state index in [9.17, 15) is 0 Å². The minimum atomic E-state index is 1.20.